The van der Waals surface area contributed by atoms with Crippen molar-refractivity contribution in [2.75, 3.05) is 25.0 Å². The van der Waals surface area contributed by atoms with Crippen LogP contribution in [0.2, 0.25) is 0 Å². The summed E-state index contributed by atoms with van der Waals surface area (Å²) in [5.74, 6) is -0.758. The normalized spacial score (nSPS) is 22.0. The van der Waals surface area contributed by atoms with E-state index in [4.69, 9.17) is 5.73 Å². The first-order chi connectivity index (χ1) is 10.3. The maximum absolute atomic E-state index is 14.0. The number of carbonyl (C=O) groups is 2. The number of amides is 2. The average molecular weight is 307 g/mol. The Morgan fingerprint density at radius 1 is 1.36 bits per heavy atom. The van der Waals surface area contributed by atoms with E-state index in [-0.39, 0.29) is 25.4 Å². The van der Waals surface area contributed by atoms with Crippen molar-refractivity contribution in [2.24, 2.45) is 5.73 Å². The van der Waals surface area contributed by atoms with Crippen LogP contribution in [0.15, 0.2) is 24.3 Å². The molecule has 0 spiro atoms. The lowest BCUT2D eigenvalue weighted by Crippen LogP contribution is -2.43. The van der Waals surface area contributed by atoms with Gasteiger partial charge in [0.1, 0.15) is 0 Å². The van der Waals surface area contributed by atoms with Crippen LogP contribution in [0.25, 0.3) is 0 Å². The molecule has 0 bridgehead atoms. The van der Waals surface area contributed by atoms with E-state index in [0.29, 0.717) is 18.2 Å². The van der Waals surface area contributed by atoms with Crippen LogP contribution in [0, 0.1) is 0 Å². The Hall–Kier alpha value is -1.95. The Morgan fingerprint density at radius 3 is 2.50 bits per heavy atom. The minimum Gasteiger partial charge on any atom is -0.367 e. The van der Waals surface area contributed by atoms with Crippen LogP contribution in [0.4, 0.5) is 10.1 Å². The molecule has 1 aromatic carbocycles. The summed E-state index contributed by atoms with van der Waals surface area (Å²) in [5.41, 5.74) is 4.93. The Labute approximate surface area is 129 Å². The largest absolute Gasteiger partial charge is 0.367 e. The van der Waals surface area contributed by atoms with Crippen molar-refractivity contribution in [1.82, 2.24) is 4.90 Å². The van der Waals surface area contributed by atoms with Gasteiger partial charge in [0.05, 0.1) is 6.54 Å². The highest BCUT2D eigenvalue weighted by molar-refractivity contribution is 5.92. The van der Waals surface area contributed by atoms with Crippen LogP contribution >= 0.6 is 0 Å². The lowest BCUT2D eigenvalue weighted by atomic mass is 10.0. The molecule has 2 rings (SSSR count). The van der Waals surface area contributed by atoms with Crippen LogP contribution in [0.1, 0.15) is 31.7 Å². The summed E-state index contributed by atoms with van der Waals surface area (Å²) in [7, 11) is 0. The standard InChI is InChI=1S/C16H22FN3O2/c1-11(2)12-3-5-13(6-4-12)19-14(21)9-20-8-7-16(17,10-20)15(18)22/h3-6,11H,7-10H2,1-2H3,(H2,18,22)(H,19,21). The first-order valence-electron chi connectivity index (χ1n) is 7.41. The Kier molecular flexibility index (Phi) is 4.81. The third kappa shape index (κ3) is 3.82. The minimum atomic E-state index is -2.01. The summed E-state index contributed by atoms with van der Waals surface area (Å²) >= 11 is 0. The number of nitrogens with one attached hydrogen (secondary N) is 1. The van der Waals surface area contributed by atoms with E-state index in [9.17, 15) is 14.0 Å². The van der Waals surface area contributed by atoms with Gasteiger partial charge in [0, 0.05) is 25.2 Å². The first-order valence-corrected chi connectivity index (χ1v) is 7.41. The third-order valence-corrected chi connectivity index (χ3v) is 3.97. The number of likely N-dealkylation sites (tertiary alicyclic amines) is 1. The summed E-state index contributed by atoms with van der Waals surface area (Å²) in [6.07, 6.45) is 0.0404. The highest BCUT2D eigenvalue weighted by atomic mass is 19.1. The lowest BCUT2D eigenvalue weighted by Gasteiger charge is -2.17. The highest BCUT2D eigenvalue weighted by Gasteiger charge is 2.43. The zero-order chi connectivity index (χ0) is 16.3. The number of nitrogens with two attached hydrogens (primary N) is 1. The van der Waals surface area contributed by atoms with Gasteiger partial charge in [-0.25, -0.2) is 4.39 Å². The van der Waals surface area contributed by atoms with E-state index in [1.165, 1.54) is 5.56 Å². The van der Waals surface area contributed by atoms with Gasteiger partial charge in [-0.05, 0) is 23.6 Å². The molecule has 1 atom stereocenters. The van der Waals surface area contributed by atoms with Gasteiger partial charge in [0.15, 0.2) is 0 Å². The molecular weight excluding hydrogens is 285 g/mol. The number of primary amides is 1. The molecule has 1 aliphatic heterocycles. The average Bonchev–Trinajstić information content (AvgIpc) is 2.82. The van der Waals surface area contributed by atoms with Gasteiger partial charge in [-0.3, -0.25) is 14.5 Å². The summed E-state index contributed by atoms with van der Waals surface area (Å²) in [4.78, 5) is 24.6. The monoisotopic (exact) mass is 307 g/mol. The maximum Gasteiger partial charge on any atom is 0.256 e. The van der Waals surface area contributed by atoms with E-state index in [2.05, 4.69) is 19.2 Å². The number of hydrogen-bond acceptors (Lipinski definition) is 3. The molecule has 1 heterocycles. The number of anilines is 1. The zero-order valence-electron chi connectivity index (χ0n) is 12.9. The maximum atomic E-state index is 14.0. The zero-order valence-corrected chi connectivity index (χ0v) is 12.9. The summed E-state index contributed by atoms with van der Waals surface area (Å²) in [6, 6.07) is 7.63. The Morgan fingerprint density at radius 2 is 2.00 bits per heavy atom. The van der Waals surface area contributed by atoms with Crippen molar-refractivity contribution < 1.29 is 14.0 Å². The number of alkyl halides is 1. The molecule has 22 heavy (non-hydrogen) atoms. The number of carbonyl (C=O) groups excluding carboxylic acids is 2. The van der Waals surface area contributed by atoms with Gasteiger partial charge < -0.3 is 11.1 Å². The quantitative estimate of drug-likeness (QED) is 0.868. The fourth-order valence-corrected chi connectivity index (χ4v) is 2.54. The van der Waals surface area contributed by atoms with E-state index in [1.54, 1.807) is 4.90 Å². The second-order valence-electron chi connectivity index (χ2n) is 6.12. The van der Waals surface area contributed by atoms with E-state index in [1.807, 2.05) is 24.3 Å². The molecule has 6 heteroatoms. The van der Waals surface area contributed by atoms with E-state index < -0.39 is 11.6 Å². The Bertz CT molecular complexity index is 559. The number of rotatable bonds is 5. The van der Waals surface area contributed by atoms with Crippen LogP contribution < -0.4 is 11.1 Å². The SMILES string of the molecule is CC(C)c1ccc(NC(=O)CN2CCC(F)(C(N)=O)C2)cc1. The molecule has 1 aliphatic rings. The van der Waals surface area contributed by atoms with E-state index in [0.717, 1.165) is 0 Å². The first kappa shape index (κ1) is 16.4. The molecule has 2 amide bonds. The third-order valence-electron chi connectivity index (χ3n) is 3.97. The van der Waals surface area contributed by atoms with Crippen molar-refractivity contribution in [2.45, 2.75) is 31.9 Å². The molecule has 1 unspecified atom stereocenters. The van der Waals surface area contributed by atoms with Crippen molar-refractivity contribution in [3.05, 3.63) is 29.8 Å². The van der Waals surface area contributed by atoms with Crippen LogP contribution in [0.5, 0.6) is 0 Å². The predicted molar refractivity (Wildman–Crippen MR) is 83.3 cm³/mol. The summed E-state index contributed by atoms with van der Waals surface area (Å²) < 4.78 is 14.0. The van der Waals surface area contributed by atoms with Crippen LogP contribution in [-0.4, -0.2) is 42.0 Å². The van der Waals surface area contributed by atoms with Crippen molar-refractivity contribution in [1.29, 1.82) is 0 Å². The molecule has 120 valence electrons. The van der Waals surface area contributed by atoms with Gasteiger partial charge in [-0.15, -0.1) is 0 Å². The van der Waals surface area contributed by atoms with Gasteiger partial charge in [0.2, 0.25) is 11.6 Å². The number of hydrogen-bond donors (Lipinski definition) is 2. The number of benzene rings is 1. The van der Waals surface area contributed by atoms with Gasteiger partial charge in [0.25, 0.3) is 5.91 Å². The van der Waals surface area contributed by atoms with E-state index >= 15 is 0 Å². The topological polar surface area (TPSA) is 75.4 Å². The summed E-state index contributed by atoms with van der Waals surface area (Å²) in [6.45, 7) is 4.47. The molecule has 0 saturated carbocycles. The van der Waals surface area contributed by atoms with Crippen LogP contribution in [-0.2, 0) is 9.59 Å². The molecule has 0 aromatic heterocycles. The molecule has 5 nitrogen and oxygen atoms in total. The molecule has 1 saturated heterocycles. The van der Waals surface area contributed by atoms with Crippen LogP contribution in [0.3, 0.4) is 0 Å². The van der Waals surface area contributed by atoms with Gasteiger partial charge in [-0.2, -0.15) is 0 Å². The van der Waals surface area contributed by atoms with Crippen molar-refractivity contribution in [3.8, 4) is 0 Å². The van der Waals surface area contributed by atoms with Gasteiger partial charge >= 0.3 is 0 Å². The number of halogens is 1. The minimum absolute atomic E-state index is 0.0404. The van der Waals surface area contributed by atoms with Gasteiger partial charge in [-0.1, -0.05) is 26.0 Å². The fraction of sp³-hybridized carbons (Fsp3) is 0.500. The Balaban J connectivity index is 1.87. The molecular formula is C16H22FN3O2. The smallest absolute Gasteiger partial charge is 0.256 e. The lowest BCUT2D eigenvalue weighted by molar-refractivity contribution is -0.129. The number of nitrogens with zero attached hydrogens (tertiary/aromatic N) is 1. The molecule has 0 aliphatic carbocycles. The molecule has 3 N–H and O–H groups in total. The molecule has 0 radical (unpaired) electrons. The highest BCUT2D eigenvalue weighted by Crippen LogP contribution is 2.25. The van der Waals surface area contributed by atoms with Crippen molar-refractivity contribution in [3.63, 3.8) is 0 Å². The second-order valence-corrected chi connectivity index (χ2v) is 6.12. The summed E-state index contributed by atoms with van der Waals surface area (Å²) in [5, 5.41) is 2.77. The molecule has 1 aromatic rings. The fourth-order valence-electron chi connectivity index (χ4n) is 2.54. The van der Waals surface area contributed by atoms with Crippen molar-refractivity contribution >= 4 is 17.5 Å². The predicted octanol–water partition coefficient (Wildman–Crippen LogP) is 1.65. The molecule has 1 fully saturated rings. The second kappa shape index (κ2) is 6.44.